The molecule has 0 unspecified atom stereocenters. The van der Waals surface area contributed by atoms with E-state index in [1.165, 1.54) is 31.3 Å². The standard InChI is InChI=1S/C19H28O2/c1-11-9-17-16-5-3-12-10-13(20)4-6-14(12)15(16)7-8-19(17,2)18(11)21/h10-11,14-18,21H,3-9H2,1-2H3/t11-,14-,15+,16+,17-,18-,19-/m0/s1. The molecular weight excluding hydrogens is 260 g/mol. The number of carbonyl (C=O) groups is 1. The number of aliphatic hydroxyl groups excluding tert-OH is 1. The number of ketones is 1. The van der Waals surface area contributed by atoms with Gasteiger partial charge in [0.05, 0.1) is 6.10 Å². The van der Waals surface area contributed by atoms with Gasteiger partial charge in [0.25, 0.3) is 0 Å². The normalized spacial score (nSPS) is 52.7. The first-order valence-corrected chi connectivity index (χ1v) is 8.92. The van der Waals surface area contributed by atoms with E-state index in [0.29, 0.717) is 23.5 Å². The van der Waals surface area contributed by atoms with Crippen LogP contribution in [0.1, 0.15) is 58.8 Å². The van der Waals surface area contributed by atoms with Crippen molar-refractivity contribution in [2.24, 2.45) is 35.0 Å². The summed E-state index contributed by atoms with van der Waals surface area (Å²) in [7, 11) is 0. The van der Waals surface area contributed by atoms with Crippen molar-refractivity contribution < 1.29 is 9.90 Å². The second kappa shape index (κ2) is 4.68. The van der Waals surface area contributed by atoms with Gasteiger partial charge in [-0.2, -0.15) is 0 Å². The van der Waals surface area contributed by atoms with Gasteiger partial charge >= 0.3 is 0 Å². The minimum absolute atomic E-state index is 0.103. The van der Waals surface area contributed by atoms with Crippen LogP contribution in [0.2, 0.25) is 0 Å². The molecule has 21 heavy (non-hydrogen) atoms. The van der Waals surface area contributed by atoms with E-state index < -0.39 is 0 Å². The molecule has 3 fully saturated rings. The highest BCUT2D eigenvalue weighted by Gasteiger charge is 2.57. The molecule has 4 aliphatic carbocycles. The molecule has 1 N–H and O–H groups in total. The summed E-state index contributed by atoms with van der Waals surface area (Å²) >= 11 is 0. The average molecular weight is 288 g/mol. The number of rotatable bonds is 0. The fraction of sp³-hybridized carbons (Fsp3) is 0.842. The Balaban J connectivity index is 1.64. The van der Waals surface area contributed by atoms with Crippen LogP contribution in [-0.4, -0.2) is 17.0 Å². The summed E-state index contributed by atoms with van der Waals surface area (Å²) in [5, 5.41) is 10.7. The van der Waals surface area contributed by atoms with Crippen molar-refractivity contribution in [3.05, 3.63) is 11.6 Å². The monoisotopic (exact) mass is 288 g/mol. The van der Waals surface area contributed by atoms with Gasteiger partial charge in [-0.1, -0.05) is 19.4 Å². The predicted molar refractivity (Wildman–Crippen MR) is 82.6 cm³/mol. The molecule has 0 aromatic carbocycles. The summed E-state index contributed by atoms with van der Waals surface area (Å²) in [6.07, 6.45) is 9.77. The third kappa shape index (κ3) is 1.91. The van der Waals surface area contributed by atoms with E-state index in [1.54, 1.807) is 0 Å². The lowest BCUT2D eigenvalue weighted by Gasteiger charge is -2.53. The maximum Gasteiger partial charge on any atom is 0.155 e. The fourth-order valence-corrected chi connectivity index (χ4v) is 6.52. The topological polar surface area (TPSA) is 37.3 Å². The van der Waals surface area contributed by atoms with Crippen molar-refractivity contribution in [2.75, 3.05) is 0 Å². The van der Waals surface area contributed by atoms with E-state index in [0.717, 1.165) is 31.1 Å². The number of carbonyl (C=O) groups excluding carboxylic acids is 1. The van der Waals surface area contributed by atoms with Crippen molar-refractivity contribution in [2.45, 2.75) is 64.9 Å². The lowest BCUT2D eigenvalue weighted by atomic mass is 9.52. The predicted octanol–water partition coefficient (Wildman–Crippen LogP) is 3.74. The third-order valence-electron chi connectivity index (χ3n) is 7.58. The lowest BCUT2D eigenvalue weighted by molar-refractivity contribution is -0.116. The Morgan fingerprint density at radius 1 is 1.19 bits per heavy atom. The molecule has 0 saturated heterocycles. The molecule has 3 saturated carbocycles. The number of hydrogen-bond donors (Lipinski definition) is 1. The Labute approximate surface area is 128 Å². The van der Waals surface area contributed by atoms with Crippen LogP contribution in [0.5, 0.6) is 0 Å². The molecule has 2 nitrogen and oxygen atoms in total. The summed E-state index contributed by atoms with van der Waals surface area (Å²) in [5.41, 5.74) is 1.62. The summed E-state index contributed by atoms with van der Waals surface area (Å²) in [5.74, 6) is 3.78. The molecule has 0 heterocycles. The van der Waals surface area contributed by atoms with Gasteiger partial charge in [0.2, 0.25) is 0 Å². The molecule has 2 heteroatoms. The minimum atomic E-state index is -0.103. The zero-order valence-corrected chi connectivity index (χ0v) is 13.3. The smallest absolute Gasteiger partial charge is 0.155 e. The molecule has 7 atom stereocenters. The van der Waals surface area contributed by atoms with Gasteiger partial charge in [-0.25, -0.2) is 0 Å². The van der Waals surface area contributed by atoms with Crippen LogP contribution in [0.15, 0.2) is 11.6 Å². The second-order valence-electron chi connectivity index (χ2n) is 8.51. The Morgan fingerprint density at radius 2 is 2.00 bits per heavy atom. The molecule has 0 aromatic rings. The van der Waals surface area contributed by atoms with Gasteiger partial charge in [-0.3, -0.25) is 4.79 Å². The van der Waals surface area contributed by atoms with Crippen molar-refractivity contribution in [1.29, 1.82) is 0 Å². The largest absolute Gasteiger partial charge is 0.392 e. The Bertz CT molecular complexity index is 494. The van der Waals surface area contributed by atoms with Crippen LogP contribution in [-0.2, 0) is 4.79 Å². The lowest BCUT2D eigenvalue weighted by Crippen LogP contribution is -2.47. The van der Waals surface area contributed by atoms with Crippen molar-refractivity contribution >= 4 is 5.78 Å². The highest BCUT2D eigenvalue weighted by atomic mass is 16.3. The van der Waals surface area contributed by atoms with Crippen molar-refractivity contribution in [3.63, 3.8) is 0 Å². The molecule has 4 aliphatic rings. The van der Waals surface area contributed by atoms with Gasteiger partial charge in [0, 0.05) is 6.42 Å². The maximum atomic E-state index is 11.7. The van der Waals surface area contributed by atoms with E-state index in [-0.39, 0.29) is 11.5 Å². The molecule has 0 aromatic heterocycles. The first-order valence-electron chi connectivity index (χ1n) is 8.92. The van der Waals surface area contributed by atoms with E-state index in [4.69, 9.17) is 0 Å². The van der Waals surface area contributed by atoms with Crippen LogP contribution in [0, 0.1) is 35.0 Å². The summed E-state index contributed by atoms with van der Waals surface area (Å²) in [6.45, 7) is 4.58. The summed E-state index contributed by atoms with van der Waals surface area (Å²) < 4.78 is 0. The van der Waals surface area contributed by atoms with E-state index >= 15 is 0 Å². The molecule has 4 rings (SSSR count). The molecule has 0 radical (unpaired) electrons. The number of aliphatic hydroxyl groups is 1. The number of fused-ring (bicyclic) bond motifs is 5. The van der Waals surface area contributed by atoms with Gasteiger partial charge in [0.15, 0.2) is 5.78 Å². The average Bonchev–Trinajstić information content (AvgIpc) is 2.70. The van der Waals surface area contributed by atoms with E-state index in [1.807, 2.05) is 6.08 Å². The molecule has 0 bridgehead atoms. The van der Waals surface area contributed by atoms with Crippen LogP contribution < -0.4 is 0 Å². The first kappa shape index (κ1) is 14.0. The summed E-state index contributed by atoms with van der Waals surface area (Å²) in [4.78, 5) is 11.7. The number of allylic oxidation sites excluding steroid dienone is 1. The van der Waals surface area contributed by atoms with Crippen LogP contribution in [0.25, 0.3) is 0 Å². The third-order valence-corrected chi connectivity index (χ3v) is 7.58. The molecule has 116 valence electrons. The highest BCUT2D eigenvalue weighted by molar-refractivity contribution is 5.91. The van der Waals surface area contributed by atoms with Crippen molar-refractivity contribution in [1.82, 2.24) is 0 Å². The molecule has 0 amide bonds. The van der Waals surface area contributed by atoms with E-state index in [9.17, 15) is 9.90 Å². The Hall–Kier alpha value is -0.630. The molecule has 0 aliphatic heterocycles. The number of hydrogen-bond acceptors (Lipinski definition) is 2. The van der Waals surface area contributed by atoms with Gasteiger partial charge in [0.1, 0.15) is 0 Å². The zero-order chi connectivity index (χ0) is 14.8. The van der Waals surface area contributed by atoms with Gasteiger partial charge in [-0.05, 0) is 79.6 Å². The quantitative estimate of drug-likeness (QED) is 0.737. The van der Waals surface area contributed by atoms with Crippen LogP contribution >= 0.6 is 0 Å². The second-order valence-corrected chi connectivity index (χ2v) is 8.51. The molecule has 0 spiro atoms. The Morgan fingerprint density at radius 3 is 2.81 bits per heavy atom. The summed E-state index contributed by atoms with van der Waals surface area (Å²) in [6, 6.07) is 0. The van der Waals surface area contributed by atoms with Crippen molar-refractivity contribution in [3.8, 4) is 0 Å². The minimum Gasteiger partial charge on any atom is -0.392 e. The fourth-order valence-electron chi connectivity index (χ4n) is 6.52. The SMILES string of the molecule is C[C@H]1C[C@H]2[C@@H]3CCC4=CC(=O)CC[C@@H]4[C@H]3CC[C@]2(C)[C@H]1O. The highest BCUT2D eigenvalue weighted by Crippen LogP contribution is 2.62. The van der Waals surface area contributed by atoms with Gasteiger partial charge in [-0.15, -0.1) is 0 Å². The Kier molecular flexibility index (Phi) is 3.12. The molecular formula is C19H28O2. The first-order chi connectivity index (χ1) is 10.0. The maximum absolute atomic E-state index is 11.7. The van der Waals surface area contributed by atoms with Crippen LogP contribution in [0.3, 0.4) is 0 Å². The zero-order valence-electron chi connectivity index (χ0n) is 13.3. The van der Waals surface area contributed by atoms with Crippen LogP contribution in [0.4, 0.5) is 0 Å². The van der Waals surface area contributed by atoms with Gasteiger partial charge < -0.3 is 5.11 Å². The van der Waals surface area contributed by atoms with E-state index in [2.05, 4.69) is 13.8 Å².